The highest BCUT2D eigenvalue weighted by Crippen LogP contribution is 2.28. The van der Waals surface area contributed by atoms with Crippen LogP contribution < -0.4 is 5.32 Å². The Bertz CT molecular complexity index is 416. The number of hydrogen-bond acceptors (Lipinski definition) is 4. The van der Waals surface area contributed by atoms with Gasteiger partial charge in [-0.25, -0.2) is 0 Å². The molecule has 0 radical (unpaired) electrons. The van der Waals surface area contributed by atoms with E-state index in [2.05, 4.69) is 5.32 Å². The van der Waals surface area contributed by atoms with Crippen molar-refractivity contribution in [2.75, 3.05) is 13.2 Å². The van der Waals surface area contributed by atoms with Crippen molar-refractivity contribution in [3.8, 4) is 0 Å². The maximum absolute atomic E-state index is 12.4. The van der Waals surface area contributed by atoms with Gasteiger partial charge >= 0.3 is 5.97 Å². The Morgan fingerprint density at radius 2 is 1.96 bits per heavy atom. The Morgan fingerprint density at radius 3 is 2.60 bits per heavy atom. The summed E-state index contributed by atoms with van der Waals surface area (Å²) in [4.78, 5) is 23.3. The first-order chi connectivity index (χ1) is 12.0. The molecule has 3 atom stereocenters. The molecule has 1 saturated carbocycles. The summed E-state index contributed by atoms with van der Waals surface area (Å²) >= 11 is 0. The van der Waals surface area contributed by atoms with Crippen LogP contribution in [-0.4, -0.2) is 48.4 Å². The molecule has 3 unspecified atom stereocenters. The molecule has 0 spiro atoms. The fourth-order valence-corrected chi connectivity index (χ4v) is 3.79. The SMILES string of the molecule is CC(OCC1CCCO1)C(=O)NC(CCC(=O)O)CC1CCCCC1. The van der Waals surface area contributed by atoms with Gasteiger partial charge < -0.3 is 19.9 Å². The molecule has 1 aliphatic heterocycles. The van der Waals surface area contributed by atoms with E-state index in [1.54, 1.807) is 6.92 Å². The third-order valence-electron chi connectivity index (χ3n) is 5.32. The Labute approximate surface area is 150 Å². The summed E-state index contributed by atoms with van der Waals surface area (Å²) in [6.45, 7) is 2.96. The van der Waals surface area contributed by atoms with E-state index in [-0.39, 0.29) is 24.5 Å². The van der Waals surface area contributed by atoms with E-state index in [4.69, 9.17) is 14.6 Å². The Morgan fingerprint density at radius 1 is 1.20 bits per heavy atom. The lowest BCUT2D eigenvalue weighted by atomic mass is 9.84. The van der Waals surface area contributed by atoms with Gasteiger partial charge in [0, 0.05) is 19.1 Å². The smallest absolute Gasteiger partial charge is 0.303 e. The Balaban J connectivity index is 1.77. The lowest BCUT2D eigenvalue weighted by molar-refractivity contribution is -0.138. The summed E-state index contributed by atoms with van der Waals surface area (Å²) in [5, 5.41) is 12.0. The fraction of sp³-hybridized carbons (Fsp3) is 0.895. The fourth-order valence-electron chi connectivity index (χ4n) is 3.79. The van der Waals surface area contributed by atoms with E-state index >= 15 is 0 Å². The molecule has 0 aromatic rings. The minimum Gasteiger partial charge on any atom is -0.481 e. The first kappa shape index (κ1) is 20.2. The molecule has 1 amide bonds. The Hall–Kier alpha value is -1.14. The standard InChI is InChI=1S/C19H33NO5/c1-14(25-13-17-8-5-11-24-17)19(23)20-16(9-10-18(21)22)12-15-6-3-2-4-7-15/h14-17H,2-13H2,1H3,(H,20,23)(H,21,22). The monoisotopic (exact) mass is 355 g/mol. The first-order valence-corrected chi connectivity index (χ1v) is 9.80. The molecule has 6 heteroatoms. The van der Waals surface area contributed by atoms with Crippen molar-refractivity contribution in [3.63, 3.8) is 0 Å². The molecule has 2 rings (SSSR count). The lowest BCUT2D eigenvalue weighted by Crippen LogP contribution is -2.43. The third kappa shape index (κ3) is 7.74. The highest BCUT2D eigenvalue weighted by atomic mass is 16.5. The second-order valence-corrected chi connectivity index (χ2v) is 7.49. The number of hydrogen-bond donors (Lipinski definition) is 2. The maximum Gasteiger partial charge on any atom is 0.303 e. The number of nitrogens with one attached hydrogen (secondary N) is 1. The van der Waals surface area contributed by atoms with Gasteiger partial charge in [-0.05, 0) is 38.5 Å². The largest absolute Gasteiger partial charge is 0.481 e. The summed E-state index contributed by atoms with van der Waals surface area (Å²) < 4.78 is 11.2. The maximum atomic E-state index is 12.4. The molecule has 2 aliphatic rings. The average Bonchev–Trinajstić information content (AvgIpc) is 3.12. The van der Waals surface area contributed by atoms with Gasteiger partial charge in [-0.15, -0.1) is 0 Å². The van der Waals surface area contributed by atoms with Gasteiger partial charge in [-0.3, -0.25) is 9.59 Å². The molecule has 6 nitrogen and oxygen atoms in total. The van der Waals surface area contributed by atoms with Gasteiger partial charge in [-0.1, -0.05) is 32.1 Å². The summed E-state index contributed by atoms with van der Waals surface area (Å²) in [6, 6.07) is -0.0829. The number of carboxylic acid groups (broad SMARTS) is 1. The average molecular weight is 355 g/mol. The molecule has 1 aliphatic carbocycles. The van der Waals surface area contributed by atoms with Crippen LogP contribution in [0.4, 0.5) is 0 Å². The third-order valence-corrected chi connectivity index (χ3v) is 5.32. The van der Waals surface area contributed by atoms with Crippen LogP contribution in [0.2, 0.25) is 0 Å². The summed E-state index contributed by atoms with van der Waals surface area (Å²) in [7, 11) is 0. The van der Waals surface area contributed by atoms with E-state index in [9.17, 15) is 9.59 Å². The molecule has 2 fully saturated rings. The van der Waals surface area contributed by atoms with Gasteiger partial charge in [0.25, 0.3) is 0 Å². The van der Waals surface area contributed by atoms with E-state index in [1.165, 1.54) is 32.1 Å². The van der Waals surface area contributed by atoms with Crippen molar-refractivity contribution < 1.29 is 24.2 Å². The molecule has 0 aromatic carbocycles. The van der Waals surface area contributed by atoms with Gasteiger partial charge in [-0.2, -0.15) is 0 Å². The predicted molar refractivity (Wildman–Crippen MR) is 94.4 cm³/mol. The second-order valence-electron chi connectivity index (χ2n) is 7.49. The number of amides is 1. The van der Waals surface area contributed by atoms with Crippen LogP contribution in [-0.2, 0) is 19.1 Å². The van der Waals surface area contributed by atoms with E-state index in [1.807, 2.05) is 0 Å². The second kappa shape index (κ2) is 10.8. The predicted octanol–water partition coefficient (Wildman–Crippen LogP) is 2.89. The van der Waals surface area contributed by atoms with Crippen LogP contribution in [0.1, 0.15) is 71.1 Å². The van der Waals surface area contributed by atoms with Crippen LogP contribution in [0, 0.1) is 5.92 Å². The lowest BCUT2D eigenvalue weighted by Gasteiger charge is -2.28. The van der Waals surface area contributed by atoms with Crippen molar-refractivity contribution in [1.29, 1.82) is 0 Å². The van der Waals surface area contributed by atoms with Gasteiger partial charge in [0.1, 0.15) is 6.10 Å². The molecule has 25 heavy (non-hydrogen) atoms. The quantitative estimate of drug-likeness (QED) is 0.629. The number of carbonyl (C=O) groups is 2. The van der Waals surface area contributed by atoms with E-state index < -0.39 is 12.1 Å². The normalized spacial score (nSPS) is 24.0. The summed E-state index contributed by atoms with van der Waals surface area (Å²) in [5.41, 5.74) is 0. The van der Waals surface area contributed by atoms with Crippen LogP contribution in [0.5, 0.6) is 0 Å². The number of carbonyl (C=O) groups excluding carboxylic acids is 1. The molecule has 0 bridgehead atoms. The molecular formula is C19H33NO5. The molecular weight excluding hydrogens is 322 g/mol. The molecule has 2 N–H and O–H groups in total. The molecule has 144 valence electrons. The summed E-state index contributed by atoms with van der Waals surface area (Å²) in [5.74, 6) is -0.370. The first-order valence-electron chi connectivity index (χ1n) is 9.80. The zero-order chi connectivity index (χ0) is 18.1. The van der Waals surface area contributed by atoms with Crippen LogP contribution in [0.25, 0.3) is 0 Å². The molecule has 1 heterocycles. The van der Waals surface area contributed by atoms with Crippen LogP contribution in [0.3, 0.4) is 0 Å². The summed E-state index contributed by atoms with van der Waals surface area (Å²) in [6.07, 6.45) is 9.17. The van der Waals surface area contributed by atoms with Crippen molar-refractivity contribution in [2.24, 2.45) is 5.92 Å². The van der Waals surface area contributed by atoms with Gasteiger partial charge in [0.05, 0.1) is 12.7 Å². The topological polar surface area (TPSA) is 84.9 Å². The molecule has 1 saturated heterocycles. The van der Waals surface area contributed by atoms with Crippen molar-refractivity contribution in [2.45, 2.75) is 89.4 Å². The zero-order valence-electron chi connectivity index (χ0n) is 15.4. The van der Waals surface area contributed by atoms with Crippen LogP contribution >= 0.6 is 0 Å². The van der Waals surface area contributed by atoms with E-state index in [0.717, 1.165) is 25.9 Å². The zero-order valence-corrected chi connectivity index (χ0v) is 15.4. The highest BCUT2D eigenvalue weighted by Gasteiger charge is 2.24. The van der Waals surface area contributed by atoms with Crippen molar-refractivity contribution in [1.82, 2.24) is 5.32 Å². The number of ether oxygens (including phenoxy) is 2. The van der Waals surface area contributed by atoms with Crippen LogP contribution in [0.15, 0.2) is 0 Å². The number of carboxylic acids is 1. The van der Waals surface area contributed by atoms with Gasteiger partial charge in [0.15, 0.2) is 0 Å². The number of aliphatic carboxylic acids is 1. The minimum atomic E-state index is -0.814. The molecule has 0 aromatic heterocycles. The Kier molecular flexibility index (Phi) is 8.68. The highest BCUT2D eigenvalue weighted by molar-refractivity contribution is 5.80. The van der Waals surface area contributed by atoms with Crippen molar-refractivity contribution >= 4 is 11.9 Å². The van der Waals surface area contributed by atoms with E-state index in [0.29, 0.717) is 18.9 Å². The van der Waals surface area contributed by atoms with Crippen molar-refractivity contribution in [3.05, 3.63) is 0 Å². The minimum absolute atomic E-state index is 0.0829. The number of rotatable bonds is 10. The van der Waals surface area contributed by atoms with Gasteiger partial charge in [0.2, 0.25) is 5.91 Å².